The van der Waals surface area contributed by atoms with E-state index in [2.05, 4.69) is 11.6 Å². The van der Waals surface area contributed by atoms with Crippen LogP contribution in [-0.4, -0.2) is 11.1 Å². The Morgan fingerprint density at radius 2 is 1.46 bits per heavy atom. The second-order valence-electron chi connectivity index (χ2n) is 2.32. The van der Waals surface area contributed by atoms with Gasteiger partial charge in [-0.2, -0.15) is 8.78 Å². The van der Waals surface area contributed by atoms with Gasteiger partial charge >= 0.3 is 5.92 Å². The topological polar surface area (TPSA) is 0 Å². The highest BCUT2D eigenvalue weighted by molar-refractivity contribution is 6.26. The number of hydrogen-bond donors (Lipinski definition) is 0. The SMILES string of the molecule is FC1=CC(F)(F)C(F)=C(F)C1(F)Cl. The van der Waals surface area contributed by atoms with Crippen LogP contribution < -0.4 is 0 Å². The molecule has 0 aromatic heterocycles. The first kappa shape index (κ1) is 10.4. The Hall–Kier alpha value is -0.650. The van der Waals surface area contributed by atoms with Crippen LogP contribution in [0.1, 0.15) is 0 Å². The highest BCUT2D eigenvalue weighted by atomic mass is 35.5. The van der Waals surface area contributed by atoms with Gasteiger partial charge in [-0.15, -0.1) is 0 Å². The quantitative estimate of drug-likeness (QED) is 0.434. The summed E-state index contributed by atoms with van der Waals surface area (Å²) in [4.78, 5) is 0. The molecule has 1 unspecified atom stereocenters. The second-order valence-corrected chi connectivity index (χ2v) is 2.84. The molecule has 1 rings (SSSR count). The average molecular weight is 223 g/mol. The van der Waals surface area contributed by atoms with E-state index >= 15 is 0 Å². The third-order valence-electron chi connectivity index (χ3n) is 1.37. The van der Waals surface area contributed by atoms with Gasteiger partial charge in [0.25, 0.3) is 5.13 Å². The average Bonchev–Trinajstić information content (AvgIpc) is 1.98. The molecule has 0 amide bonds. The molecule has 0 aromatic rings. The summed E-state index contributed by atoms with van der Waals surface area (Å²) in [5, 5.41) is -3.95. The minimum Gasteiger partial charge on any atom is -0.210 e. The molecule has 1 atom stereocenters. The third-order valence-corrected chi connectivity index (χ3v) is 1.72. The minimum absolute atomic E-state index is 0.710. The van der Waals surface area contributed by atoms with E-state index < -0.39 is 34.6 Å². The molecule has 0 spiro atoms. The third kappa shape index (κ3) is 1.43. The molecule has 0 nitrogen and oxygen atoms in total. The summed E-state index contributed by atoms with van der Waals surface area (Å²) >= 11 is 4.48. The first-order valence-corrected chi connectivity index (χ1v) is 3.28. The molecule has 7 heteroatoms. The Kier molecular flexibility index (Phi) is 2.14. The lowest BCUT2D eigenvalue weighted by molar-refractivity contribution is 0.0493. The Bertz CT molecular complexity index is 302. The van der Waals surface area contributed by atoms with Crippen LogP contribution in [0.15, 0.2) is 23.6 Å². The molecule has 1 aliphatic carbocycles. The molecule has 1 aliphatic rings. The molecule has 0 saturated carbocycles. The molecule has 0 fully saturated rings. The maximum Gasteiger partial charge on any atom is 0.322 e. The monoisotopic (exact) mass is 222 g/mol. The summed E-state index contributed by atoms with van der Waals surface area (Å²) in [6.45, 7) is 0. The highest BCUT2D eigenvalue weighted by Gasteiger charge is 2.53. The summed E-state index contributed by atoms with van der Waals surface area (Å²) in [6, 6.07) is 0. The van der Waals surface area contributed by atoms with E-state index in [0.29, 0.717) is 0 Å². The lowest BCUT2D eigenvalue weighted by atomic mass is 10.1. The maximum atomic E-state index is 12.6. The molecule has 13 heavy (non-hydrogen) atoms. The van der Waals surface area contributed by atoms with Crippen LogP contribution in [0, 0.1) is 0 Å². The normalized spacial score (nSPS) is 33.3. The van der Waals surface area contributed by atoms with E-state index in [1.165, 1.54) is 0 Å². The molecule has 0 aliphatic heterocycles. The van der Waals surface area contributed by atoms with E-state index in [4.69, 9.17) is 0 Å². The number of alkyl halides is 4. The molecule has 0 heterocycles. The van der Waals surface area contributed by atoms with Crippen LogP contribution in [-0.2, 0) is 0 Å². The Balaban J connectivity index is 3.30. The lowest BCUT2D eigenvalue weighted by Crippen LogP contribution is -2.30. The fourth-order valence-corrected chi connectivity index (χ4v) is 0.840. The molecular formula is C6HClF6. The summed E-state index contributed by atoms with van der Waals surface area (Å²) in [7, 11) is 0. The van der Waals surface area contributed by atoms with Gasteiger partial charge in [0.15, 0.2) is 11.7 Å². The standard InChI is InChI=1S/C6HClF6/c7-6(13)2(8)1-5(11,12)3(9)4(6)10/h1H. The van der Waals surface area contributed by atoms with Crippen LogP contribution in [0.3, 0.4) is 0 Å². The van der Waals surface area contributed by atoms with Gasteiger partial charge in [0.1, 0.15) is 0 Å². The van der Waals surface area contributed by atoms with Crippen LogP contribution in [0.5, 0.6) is 0 Å². The van der Waals surface area contributed by atoms with Crippen molar-refractivity contribution < 1.29 is 26.3 Å². The molecule has 0 aromatic carbocycles. The largest absolute Gasteiger partial charge is 0.322 e. The van der Waals surface area contributed by atoms with Crippen LogP contribution in [0.25, 0.3) is 0 Å². The van der Waals surface area contributed by atoms with Crippen molar-refractivity contribution in [3.63, 3.8) is 0 Å². The zero-order valence-corrected chi connectivity index (χ0v) is 6.48. The van der Waals surface area contributed by atoms with Crippen molar-refractivity contribution in [3.8, 4) is 0 Å². The summed E-state index contributed by atoms with van der Waals surface area (Å²) in [5.74, 6) is -12.1. The van der Waals surface area contributed by atoms with Crippen molar-refractivity contribution >= 4 is 11.6 Å². The van der Waals surface area contributed by atoms with Gasteiger partial charge < -0.3 is 0 Å². The molecule has 0 N–H and O–H groups in total. The summed E-state index contributed by atoms with van der Waals surface area (Å²) in [5.41, 5.74) is 0. The van der Waals surface area contributed by atoms with Gasteiger partial charge in [-0.1, -0.05) is 11.6 Å². The van der Waals surface area contributed by atoms with Crippen molar-refractivity contribution in [1.29, 1.82) is 0 Å². The predicted octanol–water partition coefficient (Wildman–Crippen LogP) is 3.54. The number of allylic oxidation sites excluding steroid dienone is 4. The van der Waals surface area contributed by atoms with Gasteiger partial charge in [-0.05, 0) is 0 Å². The zero-order chi connectivity index (χ0) is 10.4. The van der Waals surface area contributed by atoms with E-state index in [-0.39, 0.29) is 0 Å². The highest BCUT2D eigenvalue weighted by Crippen LogP contribution is 2.47. The van der Waals surface area contributed by atoms with Crippen molar-refractivity contribution in [2.45, 2.75) is 11.1 Å². The van der Waals surface area contributed by atoms with Crippen LogP contribution >= 0.6 is 11.6 Å². The van der Waals surface area contributed by atoms with Crippen LogP contribution in [0.4, 0.5) is 26.3 Å². The van der Waals surface area contributed by atoms with Crippen molar-refractivity contribution in [1.82, 2.24) is 0 Å². The molecule has 0 radical (unpaired) electrons. The molecular weight excluding hydrogens is 222 g/mol. The predicted molar refractivity (Wildman–Crippen MR) is 33.1 cm³/mol. The molecule has 0 bridgehead atoms. The van der Waals surface area contributed by atoms with E-state index in [9.17, 15) is 26.3 Å². The first-order valence-electron chi connectivity index (χ1n) is 2.90. The van der Waals surface area contributed by atoms with Crippen molar-refractivity contribution in [3.05, 3.63) is 23.6 Å². The molecule has 0 saturated heterocycles. The van der Waals surface area contributed by atoms with Gasteiger partial charge in [-0.25, -0.2) is 17.6 Å². The summed E-state index contributed by atoms with van der Waals surface area (Å²) < 4.78 is 73.9. The zero-order valence-electron chi connectivity index (χ0n) is 5.72. The number of halogens is 7. The smallest absolute Gasteiger partial charge is 0.210 e. The van der Waals surface area contributed by atoms with E-state index in [1.54, 1.807) is 0 Å². The number of hydrogen-bond acceptors (Lipinski definition) is 0. The van der Waals surface area contributed by atoms with Gasteiger partial charge in [0.05, 0.1) is 0 Å². The second kappa shape index (κ2) is 2.67. The van der Waals surface area contributed by atoms with Crippen molar-refractivity contribution in [2.24, 2.45) is 0 Å². The van der Waals surface area contributed by atoms with Crippen LogP contribution in [0.2, 0.25) is 0 Å². The number of rotatable bonds is 0. The lowest BCUT2D eigenvalue weighted by Gasteiger charge is -2.22. The maximum absolute atomic E-state index is 12.6. The fourth-order valence-electron chi connectivity index (χ4n) is 0.702. The first-order chi connectivity index (χ1) is 5.69. The van der Waals surface area contributed by atoms with Gasteiger partial charge in [0, 0.05) is 6.08 Å². The minimum atomic E-state index is -4.49. The Morgan fingerprint density at radius 3 is 1.92 bits per heavy atom. The Morgan fingerprint density at radius 1 is 1.00 bits per heavy atom. The van der Waals surface area contributed by atoms with Gasteiger partial charge in [0.2, 0.25) is 5.83 Å². The van der Waals surface area contributed by atoms with E-state index in [0.717, 1.165) is 0 Å². The van der Waals surface area contributed by atoms with Gasteiger partial charge in [-0.3, -0.25) is 0 Å². The molecule has 74 valence electrons. The fraction of sp³-hybridized carbons (Fsp3) is 0.333. The Labute approximate surface area is 73.5 Å². The van der Waals surface area contributed by atoms with E-state index in [1.807, 2.05) is 0 Å². The van der Waals surface area contributed by atoms with Crippen molar-refractivity contribution in [2.75, 3.05) is 0 Å². The summed E-state index contributed by atoms with van der Waals surface area (Å²) in [6.07, 6.45) is -0.710.